The van der Waals surface area contributed by atoms with E-state index in [1.54, 1.807) is 20.8 Å². The lowest BCUT2D eigenvalue weighted by molar-refractivity contribution is -0.137. The molecule has 1 aromatic carbocycles. The first-order chi connectivity index (χ1) is 8.99. The van der Waals surface area contributed by atoms with Gasteiger partial charge in [-0.1, -0.05) is 6.07 Å². The molecule has 0 aromatic heterocycles. The Kier molecular flexibility index (Phi) is 4.52. The molecule has 7 heteroatoms. The van der Waals surface area contributed by atoms with Crippen LogP contribution in [0.4, 0.5) is 23.7 Å². The third kappa shape index (κ3) is 4.99. The number of hydrogen-bond donors (Lipinski definition) is 2. The van der Waals surface area contributed by atoms with E-state index in [0.717, 1.165) is 12.1 Å². The summed E-state index contributed by atoms with van der Waals surface area (Å²) in [7, 11) is 0. The summed E-state index contributed by atoms with van der Waals surface area (Å²) in [6.07, 6.45) is -5.23. The summed E-state index contributed by atoms with van der Waals surface area (Å²) in [5, 5.41) is 2.54. The predicted molar refractivity (Wildman–Crippen MR) is 68.9 cm³/mol. The number of halogens is 3. The van der Waals surface area contributed by atoms with E-state index in [9.17, 15) is 18.0 Å². The van der Waals surface area contributed by atoms with Gasteiger partial charge in [0.25, 0.3) is 0 Å². The summed E-state index contributed by atoms with van der Waals surface area (Å²) < 4.78 is 42.8. The van der Waals surface area contributed by atoms with Crippen molar-refractivity contribution < 1.29 is 22.7 Å². The van der Waals surface area contributed by atoms with Crippen LogP contribution < -0.4 is 11.1 Å². The Bertz CT molecular complexity index is 493. The van der Waals surface area contributed by atoms with Crippen molar-refractivity contribution >= 4 is 11.8 Å². The van der Waals surface area contributed by atoms with Gasteiger partial charge in [-0.15, -0.1) is 0 Å². The normalized spacial score (nSPS) is 12.1. The molecule has 4 nitrogen and oxygen atoms in total. The molecule has 0 atom stereocenters. The number of alkyl halides is 3. The third-order valence-electron chi connectivity index (χ3n) is 2.27. The number of amides is 1. The first kappa shape index (κ1) is 16.1. The molecule has 0 aliphatic rings. The Morgan fingerprint density at radius 3 is 2.40 bits per heavy atom. The van der Waals surface area contributed by atoms with Crippen molar-refractivity contribution in [1.82, 2.24) is 5.32 Å². The molecular weight excluding hydrogens is 273 g/mol. The van der Waals surface area contributed by atoms with Gasteiger partial charge in [-0.3, -0.25) is 0 Å². The molecule has 0 radical (unpaired) electrons. The Morgan fingerprint density at radius 2 is 1.90 bits per heavy atom. The van der Waals surface area contributed by atoms with E-state index in [1.807, 2.05) is 0 Å². The van der Waals surface area contributed by atoms with Gasteiger partial charge in [0.05, 0.1) is 5.56 Å². The molecule has 1 aromatic rings. The minimum Gasteiger partial charge on any atom is -0.445 e. The Hall–Kier alpha value is -1.92. The molecule has 0 saturated heterocycles. The van der Waals surface area contributed by atoms with Crippen LogP contribution in [0.3, 0.4) is 0 Å². The van der Waals surface area contributed by atoms with Gasteiger partial charge >= 0.3 is 12.3 Å². The minimum absolute atomic E-state index is 0.218. The molecule has 0 saturated carbocycles. The number of nitrogens with two attached hydrogens (primary N) is 1. The van der Waals surface area contributed by atoms with Gasteiger partial charge < -0.3 is 15.8 Å². The molecular formula is C13H17F3N2O2. The zero-order valence-corrected chi connectivity index (χ0v) is 11.5. The highest BCUT2D eigenvalue weighted by molar-refractivity contribution is 5.68. The largest absolute Gasteiger partial charge is 0.445 e. The van der Waals surface area contributed by atoms with Crippen molar-refractivity contribution in [3.8, 4) is 0 Å². The molecule has 1 amide bonds. The second-order valence-electron chi connectivity index (χ2n) is 5.37. The fourth-order valence-corrected chi connectivity index (χ4v) is 1.43. The molecule has 0 fully saturated rings. The fourth-order valence-electron chi connectivity index (χ4n) is 1.43. The summed E-state index contributed by atoms with van der Waals surface area (Å²) in [5.74, 6) is 0. The molecule has 0 aliphatic carbocycles. The molecule has 20 heavy (non-hydrogen) atoms. The lowest BCUT2D eigenvalue weighted by atomic mass is 10.1. The van der Waals surface area contributed by atoms with Crippen LogP contribution in [0, 0.1) is 0 Å². The molecule has 0 aliphatic heterocycles. The minimum atomic E-state index is -4.53. The number of benzene rings is 1. The summed E-state index contributed by atoms with van der Waals surface area (Å²) >= 11 is 0. The summed E-state index contributed by atoms with van der Waals surface area (Å²) in [6, 6.07) is 3.40. The number of anilines is 1. The number of nitrogen functional groups attached to an aromatic ring is 1. The van der Waals surface area contributed by atoms with Crippen LogP contribution in [0.1, 0.15) is 31.9 Å². The maximum atomic E-state index is 12.6. The van der Waals surface area contributed by atoms with Crippen molar-refractivity contribution in [2.75, 3.05) is 5.73 Å². The quantitative estimate of drug-likeness (QED) is 0.821. The standard InChI is InChI=1S/C13H17F3N2O2/c1-12(2,3)18-11(19)20-7-8-4-5-10(17)9(6-8)13(14,15)16/h4-6H,7,17H2,1-3H3,(H,18,19). The fraction of sp³-hybridized carbons (Fsp3) is 0.462. The first-order valence-electron chi connectivity index (χ1n) is 5.89. The zero-order valence-electron chi connectivity index (χ0n) is 11.5. The maximum Gasteiger partial charge on any atom is 0.418 e. The van der Waals surface area contributed by atoms with E-state index in [2.05, 4.69) is 5.32 Å². The highest BCUT2D eigenvalue weighted by atomic mass is 19.4. The Morgan fingerprint density at radius 1 is 1.30 bits per heavy atom. The van der Waals surface area contributed by atoms with E-state index < -0.39 is 23.4 Å². The molecule has 0 bridgehead atoms. The average Bonchev–Trinajstić information content (AvgIpc) is 2.24. The number of carbonyl (C=O) groups is 1. The molecule has 0 heterocycles. The zero-order chi connectivity index (χ0) is 15.6. The van der Waals surface area contributed by atoms with Crippen LogP contribution in [0.25, 0.3) is 0 Å². The van der Waals surface area contributed by atoms with Gasteiger partial charge in [0, 0.05) is 11.2 Å². The molecule has 0 unspecified atom stereocenters. The average molecular weight is 290 g/mol. The van der Waals surface area contributed by atoms with Gasteiger partial charge in [-0.05, 0) is 38.5 Å². The van der Waals surface area contributed by atoms with Crippen molar-refractivity contribution in [3.63, 3.8) is 0 Å². The van der Waals surface area contributed by atoms with E-state index >= 15 is 0 Å². The number of rotatable bonds is 2. The highest BCUT2D eigenvalue weighted by Crippen LogP contribution is 2.34. The van der Waals surface area contributed by atoms with Crippen LogP contribution >= 0.6 is 0 Å². The van der Waals surface area contributed by atoms with E-state index in [-0.39, 0.29) is 17.9 Å². The van der Waals surface area contributed by atoms with E-state index in [1.165, 1.54) is 6.07 Å². The molecule has 3 N–H and O–H groups in total. The Labute approximate surface area is 115 Å². The molecule has 0 spiro atoms. The van der Waals surface area contributed by atoms with Crippen LogP contribution in [0.2, 0.25) is 0 Å². The van der Waals surface area contributed by atoms with Gasteiger partial charge in [0.15, 0.2) is 0 Å². The molecule has 1 rings (SSSR count). The lowest BCUT2D eigenvalue weighted by Gasteiger charge is -2.20. The van der Waals surface area contributed by atoms with Gasteiger partial charge in [0.2, 0.25) is 0 Å². The maximum absolute atomic E-state index is 12.6. The Balaban J connectivity index is 2.73. The first-order valence-corrected chi connectivity index (χ1v) is 5.89. The smallest absolute Gasteiger partial charge is 0.418 e. The third-order valence-corrected chi connectivity index (χ3v) is 2.27. The van der Waals surface area contributed by atoms with Crippen LogP contribution in [-0.2, 0) is 17.5 Å². The monoisotopic (exact) mass is 290 g/mol. The van der Waals surface area contributed by atoms with Gasteiger partial charge in [-0.25, -0.2) is 4.79 Å². The number of hydrogen-bond acceptors (Lipinski definition) is 3. The van der Waals surface area contributed by atoms with Crippen molar-refractivity contribution in [3.05, 3.63) is 29.3 Å². The van der Waals surface area contributed by atoms with E-state index in [4.69, 9.17) is 10.5 Å². The predicted octanol–water partition coefficient (Wildman–Crippen LogP) is 3.31. The van der Waals surface area contributed by atoms with Gasteiger partial charge in [0.1, 0.15) is 6.61 Å². The second-order valence-corrected chi connectivity index (χ2v) is 5.37. The highest BCUT2D eigenvalue weighted by Gasteiger charge is 2.33. The number of nitrogens with one attached hydrogen (secondary N) is 1. The SMILES string of the molecule is CC(C)(C)NC(=O)OCc1ccc(N)c(C(F)(F)F)c1. The number of ether oxygens (including phenoxy) is 1. The van der Waals surface area contributed by atoms with Gasteiger partial charge in [-0.2, -0.15) is 13.2 Å². The van der Waals surface area contributed by atoms with Crippen LogP contribution in [0.15, 0.2) is 18.2 Å². The second kappa shape index (κ2) is 5.60. The van der Waals surface area contributed by atoms with Crippen LogP contribution in [0.5, 0.6) is 0 Å². The van der Waals surface area contributed by atoms with Crippen LogP contribution in [-0.4, -0.2) is 11.6 Å². The summed E-state index contributed by atoms with van der Waals surface area (Å²) in [4.78, 5) is 11.4. The summed E-state index contributed by atoms with van der Waals surface area (Å²) in [6.45, 7) is 5.03. The van der Waals surface area contributed by atoms with E-state index in [0.29, 0.717) is 0 Å². The topological polar surface area (TPSA) is 64.3 Å². The number of alkyl carbamates (subject to hydrolysis) is 1. The van der Waals surface area contributed by atoms with Crippen molar-refractivity contribution in [1.29, 1.82) is 0 Å². The summed E-state index contributed by atoms with van der Waals surface area (Å²) in [5.41, 5.74) is 3.72. The lowest BCUT2D eigenvalue weighted by Crippen LogP contribution is -2.40. The molecule has 112 valence electrons. The number of carbonyl (C=O) groups excluding carboxylic acids is 1. The van der Waals surface area contributed by atoms with Crippen molar-refractivity contribution in [2.45, 2.75) is 39.1 Å². The van der Waals surface area contributed by atoms with Crippen molar-refractivity contribution in [2.24, 2.45) is 0 Å².